The molecule has 0 fully saturated rings. The van der Waals surface area contributed by atoms with Gasteiger partial charge in [-0.05, 0) is 24.1 Å². The predicted molar refractivity (Wildman–Crippen MR) is 85.9 cm³/mol. The van der Waals surface area contributed by atoms with E-state index in [0.717, 1.165) is 0 Å². The van der Waals surface area contributed by atoms with Gasteiger partial charge in [0.15, 0.2) is 0 Å². The first kappa shape index (κ1) is 19.9. The lowest BCUT2D eigenvalue weighted by atomic mass is 10.0. The topological polar surface area (TPSA) is 153 Å². The molecule has 1 aromatic carbocycles. The van der Waals surface area contributed by atoms with Crippen LogP contribution in [0.15, 0.2) is 24.3 Å². The first-order chi connectivity index (χ1) is 11.7. The Kier molecular flexibility index (Phi) is 7.39. The van der Waals surface area contributed by atoms with Crippen LogP contribution in [0.4, 0.5) is 0 Å². The number of phenolic OH excluding ortho intramolecular Hbond substituents is 1. The summed E-state index contributed by atoms with van der Waals surface area (Å²) in [6.07, 6.45) is -0.612. The summed E-state index contributed by atoms with van der Waals surface area (Å²) in [6.45, 7) is 1.22. The summed E-state index contributed by atoms with van der Waals surface area (Å²) >= 11 is 0. The average molecular weight is 352 g/mol. The van der Waals surface area contributed by atoms with Gasteiger partial charge in [0.2, 0.25) is 11.8 Å². The lowest BCUT2D eigenvalue weighted by Crippen LogP contribution is -2.52. The molecule has 0 spiro atoms. The van der Waals surface area contributed by atoms with Gasteiger partial charge in [-0.3, -0.25) is 14.4 Å². The molecule has 9 nitrogen and oxygen atoms in total. The molecular weight excluding hydrogens is 332 g/mol. The van der Waals surface area contributed by atoms with Crippen molar-refractivity contribution < 1.29 is 34.5 Å². The van der Waals surface area contributed by atoms with Crippen molar-refractivity contribution in [1.82, 2.24) is 10.6 Å². The van der Waals surface area contributed by atoms with Crippen molar-refractivity contribution >= 4 is 23.8 Å². The molecule has 0 aliphatic carbocycles. The number of rotatable bonds is 9. The molecule has 0 heterocycles. The number of hydrogen-bond donors (Lipinski definition) is 5. The van der Waals surface area contributed by atoms with E-state index >= 15 is 0 Å². The number of benzene rings is 1. The van der Waals surface area contributed by atoms with Gasteiger partial charge in [-0.2, -0.15) is 0 Å². The van der Waals surface area contributed by atoms with Gasteiger partial charge in [-0.15, -0.1) is 0 Å². The molecule has 2 atom stereocenters. The molecular formula is C16H20N2O7. The Morgan fingerprint density at radius 2 is 1.60 bits per heavy atom. The highest BCUT2D eigenvalue weighted by atomic mass is 16.4. The molecule has 0 aliphatic rings. The fourth-order valence-corrected chi connectivity index (χ4v) is 2.12. The van der Waals surface area contributed by atoms with Crippen molar-refractivity contribution in [3.63, 3.8) is 0 Å². The minimum absolute atomic E-state index is 0.0453. The molecule has 1 rings (SSSR count). The van der Waals surface area contributed by atoms with E-state index < -0.39 is 42.3 Å². The van der Waals surface area contributed by atoms with Crippen LogP contribution in [0.5, 0.6) is 5.75 Å². The zero-order valence-corrected chi connectivity index (χ0v) is 13.6. The van der Waals surface area contributed by atoms with Gasteiger partial charge in [0.05, 0.1) is 0 Å². The van der Waals surface area contributed by atoms with E-state index in [0.29, 0.717) is 5.56 Å². The number of aromatic hydroxyl groups is 1. The quantitative estimate of drug-likeness (QED) is 0.415. The van der Waals surface area contributed by atoms with Crippen molar-refractivity contribution in [2.75, 3.05) is 0 Å². The van der Waals surface area contributed by atoms with Gasteiger partial charge in [0.25, 0.3) is 0 Å². The molecule has 5 N–H and O–H groups in total. The molecule has 0 aliphatic heterocycles. The fourth-order valence-electron chi connectivity index (χ4n) is 2.12. The van der Waals surface area contributed by atoms with Gasteiger partial charge in [-0.25, -0.2) is 4.79 Å². The van der Waals surface area contributed by atoms with Crippen LogP contribution in [0.25, 0.3) is 0 Å². The normalized spacial score (nSPS) is 12.7. The third kappa shape index (κ3) is 7.34. The molecule has 0 aromatic heterocycles. The largest absolute Gasteiger partial charge is 0.508 e. The summed E-state index contributed by atoms with van der Waals surface area (Å²) < 4.78 is 0. The van der Waals surface area contributed by atoms with Crippen LogP contribution >= 0.6 is 0 Å². The lowest BCUT2D eigenvalue weighted by Gasteiger charge is -2.21. The van der Waals surface area contributed by atoms with E-state index in [9.17, 15) is 24.3 Å². The van der Waals surface area contributed by atoms with Gasteiger partial charge in [0.1, 0.15) is 17.8 Å². The van der Waals surface area contributed by atoms with E-state index in [1.807, 2.05) is 0 Å². The van der Waals surface area contributed by atoms with Crippen LogP contribution in [0.1, 0.15) is 25.3 Å². The van der Waals surface area contributed by atoms with E-state index in [1.54, 1.807) is 12.1 Å². The second-order valence-electron chi connectivity index (χ2n) is 5.46. The maximum absolute atomic E-state index is 12.3. The van der Waals surface area contributed by atoms with Crippen LogP contribution in [-0.4, -0.2) is 51.2 Å². The fraction of sp³-hybridized carbons (Fsp3) is 0.375. The van der Waals surface area contributed by atoms with Gasteiger partial charge in [-0.1, -0.05) is 12.1 Å². The van der Waals surface area contributed by atoms with Crippen LogP contribution in [0.2, 0.25) is 0 Å². The number of amides is 2. The Labute approximate surface area is 143 Å². The average Bonchev–Trinajstić information content (AvgIpc) is 2.51. The number of nitrogens with one attached hydrogen (secondary N) is 2. The van der Waals surface area contributed by atoms with Crippen LogP contribution in [0, 0.1) is 0 Å². The summed E-state index contributed by atoms with van der Waals surface area (Å²) in [5.74, 6) is -3.70. The highest BCUT2D eigenvalue weighted by Crippen LogP contribution is 2.12. The number of carbonyl (C=O) groups excluding carboxylic acids is 2. The molecule has 9 heteroatoms. The number of carbonyl (C=O) groups is 4. The minimum Gasteiger partial charge on any atom is -0.508 e. The van der Waals surface area contributed by atoms with E-state index in [2.05, 4.69) is 10.6 Å². The zero-order valence-electron chi connectivity index (χ0n) is 13.6. The predicted octanol–water partition coefficient (Wildman–Crippen LogP) is -0.126. The van der Waals surface area contributed by atoms with E-state index in [-0.39, 0.29) is 18.6 Å². The monoisotopic (exact) mass is 352 g/mol. The molecule has 136 valence electrons. The third-order valence-electron chi connectivity index (χ3n) is 3.33. The van der Waals surface area contributed by atoms with E-state index in [1.165, 1.54) is 19.1 Å². The summed E-state index contributed by atoms with van der Waals surface area (Å²) in [6, 6.07) is 3.57. The maximum atomic E-state index is 12.3. The second kappa shape index (κ2) is 9.26. The van der Waals surface area contributed by atoms with Crippen LogP contribution in [-0.2, 0) is 25.6 Å². The van der Waals surface area contributed by atoms with Gasteiger partial charge in [0, 0.05) is 19.8 Å². The molecule has 1 aromatic rings. The van der Waals surface area contributed by atoms with Gasteiger partial charge < -0.3 is 26.0 Å². The molecule has 2 amide bonds. The van der Waals surface area contributed by atoms with Crippen molar-refractivity contribution in [3.8, 4) is 5.75 Å². The molecule has 0 saturated carbocycles. The number of phenols is 1. The maximum Gasteiger partial charge on any atom is 0.326 e. The molecule has 2 unspecified atom stereocenters. The summed E-state index contributed by atoms with van der Waals surface area (Å²) in [4.78, 5) is 45.4. The first-order valence-electron chi connectivity index (χ1n) is 7.49. The Hall–Kier alpha value is -3.10. The lowest BCUT2D eigenvalue weighted by molar-refractivity contribution is -0.143. The summed E-state index contributed by atoms with van der Waals surface area (Å²) in [7, 11) is 0. The Balaban J connectivity index is 2.83. The second-order valence-corrected chi connectivity index (χ2v) is 5.46. The highest BCUT2D eigenvalue weighted by Gasteiger charge is 2.26. The SMILES string of the molecule is CC(=O)NC(Cc1ccc(O)cc1)C(=O)NC(CCC(=O)O)C(=O)O. The zero-order chi connectivity index (χ0) is 19.0. The number of hydrogen-bond acceptors (Lipinski definition) is 5. The third-order valence-corrected chi connectivity index (χ3v) is 3.33. The number of aliphatic carboxylic acids is 2. The highest BCUT2D eigenvalue weighted by molar-refractivity contribution is 5.90. The Morgan fingerprint density at radius 1 is 1.00 bits per heavy atom. The first-order valence-corrected chi connectivity index (χ1v) is 7.49. The smallest absolute Gasteiger partial charge is 0.326 e. The van der Waals surface area contributed by atoms with Gasteiger partial charge >= 0.3 is 11.9 Å². The van der Waals surface area contributed by atoms with Crippen molar-refractivity contribution in [2.24, 2.45) is 0 Å². The Bertz CT molecular complexity index is 642. The van der Waals surface area contributed by atoms with Crippen molar-refractivity contribution in [2.45, 2.75) is 38.3 Å². The van der Waals surface area contributed by atoms with Crippen LogP contribution < -0.4 is 10.6 Å². The standard InChI is InChI=1S/C16H20N2O7/c1-9(19)17-13(8-10-2-4-11(20)5-3-10)15(23)18-12(16(24)25)6-7-14(21)22/h2-5,12-13,20H,6-8H2,1H3,(H,17,19)(H,18,23)(H,21,22)(H,24,25). The number of carboxylic acid groups (broad SMARTS) is 2. The Morgan fingerprint density at radius 3 is 2.08 bits per heavy atom. The molecule has 25 heavy (non-hydrogen) atoms. The molecule has 0 bridgehead atoms. The van der Waals surface area contributed by atoms with Crippen molar-refractivity contribution in [3.05, 3.63) is 29.8 Å². The summed E-state index contributed by atoms with van der Waals surface area (Å²) in [5, 5.41) is 31.7. The van der Waals surface area contributed by atoms with Crippen LogP contribution in [0.3, 0.4) is 0 Å². The minimum atomic E-state index is -1.38. The van der Waals surface area contributed by atoms with Crippen molar-refractivity contribution in [1.29, 1.82) is 0 Å². The molecule has 0 saturated heterocycles. The summed E-state index contributed by atoms with van der Waals surface area (Å²) in [5.41, 5.74) is 0.643. The molecule has 0 radical (unpaired) electrons. The van der Waals surface area contributed by atoms with E-state index in [4.69, 9.17) is 10.2 Å². The number of carboxylic acids is 2.